The number of ether oxygens (including phenoxy) is 1. The molecule has 5 rings (SSSR count). The van der Waals surface area contributed by atoms with Crippen LogP contribution in [0.25, 0.3) is 0 Å². The summed E-state index contributed by atoms with van der Waals surface area (Å²) in [4.78, 5) is 52.9. The van der Waals surface area contributed by atoms with Crippen LogP contribution < -0.4 is 4.90 Å². The molecule has 6 nitrogen and oxygen atoms in total. The minimum atomic E-state index is -0.749. The average Bonchev–Trinajstić information content (AvgIpc) is 3.16. The Morgan fingerprint density at radius 2 is 1.62 bits per heavy atom. The molecular weight excluding hydrogens is 513 g/mol. The zero-order valence-corrected chi connectivity index (χ0v) is 21.2. The first-order chi connectivity index (χ1) is 17.8. The van der Waals surface area contributed by atoms with Gasteiger partial charge in [-0.15, -0.1) is 0 Å². The highest BCUT2D eigenvalue weighted by molar-refractivity contribution is 6.36. The number of amides is 2. The molecule has 0 unspecified atom stereocenters. The molecule has 2 amide bonds. The van der Waals surface area contributed by atoms with Crippen molar-refractivity contribution < 1.29 is 23.9 Å². The molecule has 0 N–H and O–H groups in total. The predicted octanol–water partition coefficient (Wildman–Crippen LogP) is 6.11. The number of esters is 1. The Morgan fingerprint density at radius 3 is 2.38 bits per heavy atom. The fraction of sp³-hybridized carbons (Fsp3) is 0.241. The monoisotopic (exact) mass is 535 g/mol. The van der Waals surface area contributed by atoms with E-state index in [1.165, 1.54) is 40.8 Å². The van der Waals surface area contributed by atoms with Crippen LogP contribution in [-0.4, -0.2) is 30.2 Å². The smallest absolute Gasteiger partial charge is 0.338 e. The fourth-order valence-electron chi connectivity index (χ4n) is 5.24. The van der Waals surface area contributed by atoms with Gasteiger partial charge in [0, 0.05) is 10.6 Å². The van der Waals surface area contributed by atoms with Gasteiger partial charge in [0.15, 0.2) is 6.61 Å². The number of ketones is 1. The minimum absolute atomic E-state index is 0.130. The van der Waals surface area contributed by atoms with Crippen molar-refractivity contribution in [3.05, 3.63) is 99.5 Å². The Hall–Kier alpha value is -3.48. The van der Waals surface area contributed by atoms with Gasteiger partial charge in [0.2, 0.25) is 17.6 Å². The maximum Gasteiger partial charge on any atom is 0.338 e. The Kier molecular flexibility index (Phi) is 7.13. The molecule has 3 aromatic rings. The summed E-state index contributed by atoms with van der Waals surface area (Å²) in [6.45, 7) is -0.517. The number of carbonyl (C=O) groups excluding carboxylic acids is 4. The topological polar surface area (TPSA) is 80.8 Å². The Labute approximate surface area is 224 Å². The lowest BCUT2D eigenvalue weighted by molar-refractivity contribution is -0.122. The summed E-state index contributed by atoms with van der Waals surface area (Å²) < 4.78 is 5.19. The van der Waals surface area contributed by atoms with E-state index in [4.69, 9.17) is 27.9 Å². The molecule has 8 heteroatoms. The predicted molar refractivity (Wildman–Crippen MR) is 140 cm³/mol. The largest absolute Gasteiger partial charge is 0.454 e. The van der Waals surface area contributed by atoms with Crippen molar-refractivity contribution in [3.63, 3.8) is 0 Å². The second-order valence-corrected chi connectivity index (χ2v) is 10.2. The number of hydrogen-bond acceptors (Lipinski definition) is 5. The van der Waals surface area contributed by atoms with Gasteiger partial charge >= 0.3 is 5.97 Å². The average molecular weight is 536 g/mol. The number of hydrogen-bond donors (Lipinski definition) is 0. The van der Waals surface area contributed by atoms with Crippen LogP contribution in [0.15, 0.2) is 72.8 Å². The molecule has 1 aliphatic carbocycles. The quantitative estimate of drug-likeness (QED) is 0.216. The number of nitrogens with zero attached hydrogens (tertiary/aromatic N) is 1. The molecule has 1 saturated heterocycles. The molecule has 1 saturated carbocycles. The van der Waals surface area contributed by atoms with Crippen molar-refractivity contribution >= 4 is 52.5 Å². The summed E-state index contributed by atoms with van der Waals surface area (Å²) in [5.74, 6) is -2.22. The highest BCUT2D eigenvalue weighted by Crippen LogP contribution is 2.45. The fourth-order valence-corrected chi connectivity index (χ4v) is 5.76. The molecule has 0 radical (unpaired) electrons. The summed E-state index contributed by atoms with van der Waals surface area (Å²) in [5.41, 5.74) is 1.82. The van der Waals surface area contributed by atoms with Crippen molar-refractivity contribution in [2.45, 2.75) is 25.2 Å². The van der Waals surface area contributed by atoms with Crippen LogP contribution in [0.1, 0.15) is 51.5 Å². The third-order valence-corrected chi connectivity index (χ3v) is 7.65. The van der Waals surface area contributed by atoms with E-state index in [2.05, 4.69) is 12.1 Å². The Morgan fingerprint density at radius 1 is 0.865 bits per heavy atom. The Balaban J connectivity index is 1.28. The van der Waals surface area contributed by atoms with Crippen LogP contribution in [0, 0.1) is 11.8 Å². The maximum atomic E-state index is 13.4. The number of carbonyl (C=O) groups is 4. The van der Waals surface area contributed by atoms with E-state index in [9.17, 15) is 19.2 Å². The van der Waals surface area contributed by atoms with Gasteiger partial charge < -0.3 is 4.74 Å². The zero-order valence-electron chi connectivity index (χ0n) is 19.7. The zero-order chi connectivity index (χ0) is 26.1. The molecule has 1 heterocycles. The molecule has 0 bridgehead atoms. The van der Waals surface area contributed by atoms with E-state index in [1.54, 1.807) is 12.1 Å². The molecule has 0 spiro atoms. The Bertz CT molecular complexity index is 1390. The standard InChI is InChI=1S/C29H23Cl2NO5/c30-20-10-12-23(25(31)15-20)26(33)16-37-29(36)19-7-4-8-21(13-19)32-27(34)22-11-9-18(14-24(22)28(32)35)17-5-2-1-3-6-17/h1-8,10,12-13,15,18,22,24H,9,11,14,16H2/t18-,22-,24-/m0/s1. The normalized spacial score (nSPS) is 21.0. The van der Waals surface area contributed by atoms with Crippen molar-refractivity contribution in [2.75, 3.05) is 11.5 Å². The van der Waals surface area contributed by atoms with Crippen LogP contribution in [-0.2, 0) is 14.3 Å². The molecule has 188 valence electrons. The van der Waals surface area contributed by atoms with E-state index in [-0.39, 0.29) is 45.7 Å². The van der Waals surface area contributed by atoms with Crippen molar-refractivity contribution in [1.82, 2.24) is 0 Å². The van der Waals surface area contributed by atoms with Crippen LogP contribution in [0.2, 0.25) is 10.0 Å². The van der Waals surface area contributed by atoms with E-state index in [0.717, 1.165) is 6.42 Å². The summed E-state index contributed by atoms with van der Waals surface area (Å²) >= 11 is 11.9. The van der Waals surface area contributed by atoms with Crippen LogP contribution in [0.3, 0.4) is 0 Å². The van der Waals surface area contributed by atoms with Gasteiger partial charge in [-0.05, 0) is 67.1 Å². The number of fused-ring (bicyclic) bond motifs is 1. The van der Waals surface area contributed by atoms with Gasteiger partial charge in [-0.1, -0.05) is 59.6 Å². The molecule has 37 heavy (non-hydrogen) atoms. The van der Waals surface area contributed by atoms with Crippen LogP contribution >= 0.6 is 23.2 Å². The van der Waals surface area contributed by atoms with E-state index in [1.807, 2.05) is 18.2 Å². The first kappa shape index (κ1) is 25.2. The lowest BCUT2D eigenvalue weighted by atomic mass is 9.73. The lowest BCUT2D eigenvalue weighted by Gasteiger charge is -2.28. The van der Waals surface area contributed by atoms with Gasteiger partial charge in [-0.25, -0.2) is 4.79 Å². The highest BCUT2D eigenvalue weighted by atomic mass is 35.5. The van der Waals surface area contributed by atoms with E-state index < -0.39 is 18.4 Å². The number of anilines is 1. The SMILES string of the molecule is O=C(OCC(=O)c1ccc(Cl)cc1Cl)c1cccc(N2C(=O)[C@H]3CC[C@H](c4ccccc4)C[C@@H]3C2=O)c1. The van der Waals surface area contributed by atoms with Crippen molar-refractivity contribution in [2.24, 2.45) is 11.8 Å². The van der Waals surface area contributed by atoms with Gasteiger partial charge in [0.25, 0.3) is 0 Å². The van der Waals surface area contributed by atoms with Crippen LogP contribution in [0.4, 0.5) is 5.69 Å². The number of rotatable bonds is 6. The van der Waals surface area contributed by atoms with Crippen LogP contribution in [0.5, 0.6) is 0 Å². The summed E-state index contributed by atoms with van der Waals surface area (Å²) in [6, 6.07) is 20.6. The molecule has 1 aliphatic heterocycles. The molecule has 0 aromatic heterocycles. The van der Waals surface area contributed by atoms with E-state index in [0.29, 0.717) is 23.6 Å². The minimum Gasteiger partial charge on any atom is -0.454 e. The maximum absolute atomic E-state index is 13.4. The van der Waals surface area contributed by atoms with Gasteiger partial charge in [0.05, 0.1) is 28.1 Å². The third-order valence-electron chi connectivity index (χ3n) is 7.10. The summed E-state index contributed by atoms with van der Waals surface area (Å²) in [6.07, 6.45) is 2.10. The van der Waals surface area contributed by atoms with Gasteiger partial charge in [-0.2, -0.15) is 0 Å². The molecule has 3 atom stereocenters. The number of imide groups is 1. The molecule has 2 aliphatic rings. The summed E-state index contributed by atoms with van der Waals surface area (Å²) in [5, 5.41) is 0.550. The van der Waals surface area contributed by atoms with Gasteiger partial charge in [-0.3, -0.25) is 19.3 Å². The number of Topliss-reactive ketones (excluding diaryl/α,β-unsaturated/α-hetero) is 1. The molecular formula is C29H23Cl2NO5. The number of halogens is 2. The first-order valence-corrected chi connectivity index (χ1v) is 12.8. The third kappa shape index (κ3) is 5.04. The second kappa shape index (κ2) is 10.5. The first-order valence-electron chi connectivity index (χ1n) is 12.0. The van der Waals surface area contributed by atoms with Gasteiger partial charge in [0.1, 0.15) is 0 Å². The van der Waals surface area contributed by atoms with E-state index >= 15 is 0 Å². The van der Waals surface area contributed by atoms with Crippen molar-refractivity contribution in [1.29, 1.82) is 0 Å². The molecule has 2 fully saturated rings. The highest BCUT2D eigenvalue weighted by Gasteiger charge is 2.50. The second-order valence-electron chi connectivity index (χ2n) is 9.32. The lowest BCUT2D eigenvalue weighted by Crippen LogP contribution is -2.31. The molecule has 3 aromatic carbocycles. The summed E-state index contributed by atoms with van der Waals surface area (Å²) in [7, 11) is 0. The van der Waals surface area contributed by atoms with Crippen molar-refractivity contribution in [3.8, 4) is 0 Å². The number of benzene rings is 3.